The summed E-state index contributed by atoms with van der Waals surface area (Å²) in [6.45, 7) is 0. The van der Waals surface area contributed by atoms with Crippen LogP contribution in [0.3, 0.4) is 0 Å². The molecule has 0 aliphatic heterocycles. The van der Waals surface area contributed by atoms with Gasteiger partial charge in [0.2, 0.25) is 0 Å². The molecule has 0 spiro atoms. The zero-order chi connectivity index (χ0) is 14.8. The number of benzene rings is 1. The number of halogens is 8. The molecule has 0 saturated heterocycles. The molecule has 0 aromatic heterocycles. The Kier molecular flexibility index (Phi) is 6.64. The van der Waals surface area contributed by atoms with Crippen LogP contribution in [0.1, 0.15) is 30.0 Å². The van der Waals surface area contributed by atoms with Crippen LogP contribution in [0.25, 0.3) is 0 Å². The van der Waals surface area contributed by atoms with Crippen molar-refractivity contribution in [2.45, 2.75) is 31.2 Å². The van der Waals surface area contributed by atoms with Gasteiger partial charge in [-0.3, -0.25) is 0 Å². The van der Waals surface area contributed by atoms with Crippen molar-refractivity contribution in [2.75, 3.05) is 0 Å². The summed E-state index contributed by atoms with van der Waals surface area (Å²) < 4.78 is 73.7. The SMILES string of the molecule is Cl.N[C@H](CCC(F)(F)F)c1ccc(Cl)c(C(F)(F)F)c1. The van der Waals surface area contributed by atoms with Crippen molar-refractivity contribution in [1.29, 1.82) is 0 Å². The standard InChI is InChI=1S/C11H10ClF6N.ClH/c12-8-2-1-6(5-7(8)11(16,17)18)9(19)3-4-10(13,14)15;/h1-2,5,9H,3-4,19H2;1H/t9-;/m1./s1. The second-order valence-electron chi connectivity index (χ2n) is 4.00. The molecule has 20 heavy (non-hydrogen) atoms. The Bertz CT molecular complexity index is 444. The Balaban J connectivity index is 0.00000361. The molecule has 2 N–H and O–H groups in total. The fraction of sp³-hybridized carbons (Fsp3) is 0.455. The lowest BCUT2D eigenvalue weighted by molar-refractivity contribution is -0.138. The highest BCUT2D eigenvalue weighted by Gasteiger charge is 2.34. The lowest BCUT2D eigenvalue weighted by Crippen LogP contribution is -2.17. The van der Waals surface area contributed by atoms with Gasteiger partial charge in [-0.05, 0) is 24.1 Å². The molecule has 0 unspecified atom stereocenters. The largest absolute Gasteiger partial charge is 0.417 e. The van der Waals surface area contributed by atoms with Gasteiger partial charge in [0.05, 0.1) is 10.6 Å². The van der Waals surface area contributed by atoms with Gasteiger partial charge in [0.15, 0.2) is 0 Å². The Morgan fingerprint density at radius 2 is 1.65 bits per heavy atom. The molecule has 1 atom stereocenters. The van der Waals surface area contributed by atoms with Crippen molar-refractivity contribution < 1.29 is 26.3 Å². The Morgan fingerprint density at radius 1 is 1.10 bits per heavy atom. The van der Waals surface area contributed by atoms with E-state index in [1.54, 1.807) is 0 Å². The normalized spacial score (nSPS) is 13.8. The molecular formula is C11H11Cl2F6N. The summed E-state index contributed by atoms with van der Waals surface area (Å²) in [6.07, 6.45) is -10.7. The molecule has 0 aliphatic rings. The van der Waals surface area contributed by atoms with Crippen molar-refractivity contribution in [1.82, 2.24) is 0 Å². The average molecular weight is 342 g/mol. The second kappa shape index (κ2) is 6.87. The summed E-state index contributed by atoms with van der Waals surface area (Å²) in [6, 6.07) is 1.73. The number of hydrogen-bond acceptors (Lipinski definition) is 1. The lowest BCUT2D eigenvalue weighted by Gasteiger charge is -2.16. The minimum absolute atomic E-state index is 0. The van der Waals surface area contributed by atoms with Crippen LogP contribution in [0, 0.1) is 0 Å². The molecule has 0 saturated carbocycles. The highest BCUT2D eigenvalue weighted by atomic mass is 35.5. The van der Waals surface area contributed by atoms with E-state index in [9.17, 15) is 26.3 Å². The number of hydrogen-bond donors (Lipinski definition) is 1. The molecule has 0 radical (unpaired) electrons. The predicted octanol–water partition coefficient (Wildman–Crippen LogP) is 5.12. The summed E-state index contributed by atoms with van der Waals surface area (Å²) in [4.78, 5) is 0. The number of alkyl halides is 6. The molecule has 9 heteroatoms. The van der Waals surface area contributed by atoms with E-state index < -0.39 is 41.8 Å². The first kappa shape index (κ1) is 19.3. The van der Waals surface area contributed by atoms with Crippen molar-refractivity contribution in [3.05, 3.63) is 34.3 Å². The van der Waals surface area contributed by atoms with Gasteiger partial charge < -0.3 is 5.73 Å². The van der Waals surface area contributed by atoms with Crippen LogP contribution in [0.5, 0.6) is 0 Å². The molecule has 1 aromatic carbocycles. The minimum Gasteiger partial charge on any atom is -0.324 e. The zero-order valence-electron chi connectivity index (χ0n) is 9.85. The molecule has 1 nitrogen and oxygen atoms in total. The Hall–Kier alpha value is -0.660. The lowest BCUT2D eigenvalue weighted by atomic mass is 10.0. The summed E-state index contributed by atoms with van der Waals surface area (Å²) in [5, 5.41) is -0.515. The Morgan fingerprint density at radius 3 is 2.10 bits per heavy atom. The van der Waals surface area contributed by atoms with Gasteiger partial charge in [0.25, 0.3) is 0 Å². The molecule has 116 valence electrons. The van der Waals surface area contributed by atoms with E-state index in [4.69, 9.17) is 17.3 Å². The summed E-state index contributed by atoms with van der Waals surface area (Å²) in [5.41, 5.74) is 4.32. The smallest absolute Gasteiger partial charge is 0.324 e. The maximum Gasteiger partial charge on any atom is 0.417 e. The van der Waals surface area contributed by atoms with Gasteiger partial charge in [-0.25, -0.2) is 0 Å². The maximum absolute atomic E-state index is 12.6. The third-order valence-corrected chi connectivity index (χ3v) is 2.79. The average Bonchev–Trinajstić information content (AvgIpc) is 2.24. The Labute approximate surface area is 122 Å². The quantitative estimate of drug-likeness (QED) is 0.758. The zero-order valence-corrected chi connectivity index (χ0v) is 11.4. The fourth-order valence-corrected chi connectivity index (χ4v) is 1.70. The van der Waals surface area contributed by atoms with E-state index in [1.165, 1.54) is 6.07 Å². The minimum atomic E-state index is -4.67. The van der Waals surface area contributed by atoms with Gasteiger partial charge in [0, 0.05) is 12.5 Å². The van der Waals surface area contributed by atoms with Gasteiger partial charge in [0.1, 0.15) is 0 Å². The van der Waals surface area contributed by atoms with Crippen molar-refractivity contribution in [3.8, 4) is 0 Å². The molecule has 0 amide bonds. The van der Waals surface area contributed by atoms with Crippen molar-refractivity contribution >= 4 is 24.0 Å². The van der Waals surface area contributed by atoms with Gasteiger partial charge >= 0.3 is 12.4 Å². The van der Waals surface area contributed by atoms with E-state index in [2.05, 4.69) is 0 Å². The predicted molar refractivity (Wildman–Crippen MR) is 65.9 cm³/mol. The number of nitrogens with two attached hydrogens (primary N) is 1. The first-order valence-electron chi connectivity index (χ1n) is 5.19. The molecule has 1 aromatic rings. The molecule has 1 rings (SSSR count). The molecule has 0 fully saturated rings. The van der Waals surface area contributed by atoms with Crippen LogP contribution < -0.4 is 5.73 Å². The maximum atomic E-state index is 12.6. The van der Waals surface area contributed by atoms with Crippen LogP contribution in [0.4, 0.5) is 26.3 Å². The molecule has 0 aliphatic carbocycles. The molecule has 0 heterocycles. The summed E-state index contributed by atoms with van der Waals surface area (Å²) >= 11 is 5.39. The first-order chi connectivity index (χ1) is 8.50. The third kappa shape index (κ3) is 5.76. The first-order valence-corrected chi connectivity index (χ1v) is 5.57. The summed E-state index contributed by atoms with van der Waals surface area (Å²) in [5.74, 6) is 0. The van der Waals surface area contributed by atoms with E-state index in [1.807, 2.05) is 0 Å². The van der Waals surface area contributed by atoms with Crippen LogP contribution in [-0.4, -0.2) is 6.18 Å². The van der Waals surface area contributed by atoms with E-state index in [0.717, 1.165) is 6.07 Å². The van der Waals surface area contributed by atoms with Crippen LogP contribution in [0.15, 0.2) is 18.2 Å². The monoisotopic (exact) mass is 341 g/mol. The molecular weight excluding hydrogens is 331 g/mol. The highest BCUT2D eigenvalue weighted by molar-refractivity contribution is 6.31. The summed E-state index contributed by atoms with van der Waals surface area (Å²) in [7, 11) is 0. The van der Waals surface area contributed by atoms with E-state index >= 15 is 0 Å². The van der Waals surface area contributed by atoms with E-state index in [0.29, 0.717) is 6.07 Å². The van der Waals surface area contributed by atoms with Crippen LogP contribution >= 0.6 is 24.0 Å². The van der Waals surface area contributed by atoms with Crippen LogP contribution in [-0.2, 0) is 6.18 Å². The van der Waals surface area contributed by atoms with Crippen molar-refractivity contribution in [2.24, 2.45) is 5.73 Å². The fourth-order valence-electron chi connectivity index (χ4n) is 1.48. The molecule has 0 bridgehead atoms. The second-order valence-corrected chi connectivity index (χ2v) is 4.40. The van der Waals surface area contributed by atoms with Crippen LogP contribution in [0.2, 0.25) is 5.02 Å². The van der Waals surface area contributed by atoms with E-state index in [-0.39, 0.29) is 18.0 Å². The van der Waals surface area contributed by atoms with Gasteiger partial charge in [-0.15, -0.1) is 12.4 Å². The van der Waals surface area contributed by atoms with Gasteiger partial charge in [-0.1, -0.05) is 17.7 Å². The van der Waals surface area contributed by atoms with Gasteiger partial charge in [-0.2, -0.15) is 26.3 Å². The number of rotatable bonds is 3. The third-order valence-electron chi connectivity index (χ3n) is 2.46. The highest BCUT2D eigenvalue weighted by Crippen LogP contribution is 2.36. The topological polar surface area (TPSA) is 26.0 Å². The van der Waals surface area contributed by atoms with Crippen molar-refractivity contribution in [3.63, 3.8) is 0 Å².